The van der Waals surface area contributed by atoms with Gasteiger partial charge in [-0.2, -0.15) is 0 Å². The summed E-state index contributed by atoms with van der Waals surface area (Å²) in [5.41, 5.74) is 2.36. The third-order valence-electron chi connectivity index (χ3n) is 5.68. The number of thiazole rings is 1. The highest BCUT2D eigenvalue weighted by Crippen LogP contribution is 2.34. The van der Waals surface area contributed by atoms with Crippen LogP contribution in [0.2, 0.25) is 0 Å². The van der Waals surface area contributed by atoms with Crippen LogP contribution in [0.5, 0.6) is 0 Å². The van der Waals surface area contributed by atoms with Gasteiger partial charge < -0.3 is 10.0 Å². The lowest BCUT2D eigenvalue weighted by molar-refractivity contribution is -0.138. The van der Waals surface area contributed by atoms with Crippen molar-refractivity contribution in [2.75, 3.05) is 13.1 Å². The minimum atomic E-state index is -0.932. The van der Waals surface area contributed by atoms with E-state index in [0.717, 1.165) is 33.8 Å². The molecular formula is C26H33N3O3S2. The molecule has 0 saturated carbocycles. The molecule has 0 aliphatic heterocycles. The van der Waals surface area contributed by atoms with Gasteiger partial charge in [0.25, 0.3) is 5.91 Å². The zero-order chi connectivity index (χ0) is 24.6. The Labute approximate surface area is 209 Å². The normalized spacial score (nSPS) is 11.6. The Balaban J connectivity index is 1.68. The summed E-state index contributed by atoms with van der Waals surface area (Å²) in [4.78, 5) is 35.8. The van der Waals surface area contributed by atoms with Crippen LogP contribution >= 0.6 is 23.1 Å². The van der Waals surface area contributed by atoms with E-state index in [9.17, 15) is 14.7 Å². The van der Waals surface area contributed by atoms with Gasteiger partial charge in [-0.15, -0.1) is 11.3 Å². The van der Waals surface area contributed by atoms with E-state index in [-0.39, 0.29) is 5.91 Å². The topological polar surface area (TPSA) is 83.4 Å². The molecule has 1 aromatic carbocycles. The third kappa shape index (κ3) is 7.27. The second-order valence-corrected chi connectivity index (χ2v) is 11.6. The van der Waals surface area contributed by atoms with E-state index in [4.69, 9.17) is 0 Å². The first-order valence-corrected chi connectivity index (χ1v) is 13.5. The molecule has 1 N–H and O–H groups in total. The average Bonchev–Trinajstić information content (AvgIpc) is 3.26. The number of benzene rings is 1. The zero-order valence-electron chi connectivity index (χ0n) is 20.1. The number of aromatic nitrogens is 2. The molecule has 3 aromatic rings. The fraction of sp³-hybridized carbons (Fsp3) is 0.462. The van der Waals surface area contributed by atoms with Crippen LogP contribution < -0.4 is 0 Å². The van der Waals surface area contributed by atoms with E-state index in [1.54, 1.807) is 20.0 Å². The Morgan fingerprint density at radius 2 is 1.88 bits per heavy atom. The van der Waals surface area contributed by atoms with Crippen molar-refractivity contribution in [3.8, 4) is 0 Å². The molecule has 0 spiro atoms. The Bertz CT molecular complexity index is 1110. The molecule has 0 radical (unpaired) electrons. The van der Waals surface area contributed by atoms with Gasteiger partial charge in [0.15, 0.2) is 4.34 Å². The van der Waals surface area contributed by atoms with E-state index in [1.807, 2.05) is 40.6 Å². The maximum absolute atomic E-state index is 13.4. The largest absolute Gasteiger partial charge is 0.480 e. The standard InChI is InChI=1S/C26H33N3O3S2/c1-4-5-6-7-10-14-29(23(30)20-16-19-11-8-9-12-22(19)27-17-20)15-13-21-18-33-25(28-21)34-26(2,3)24(31)32/h8-9,11-12,16-18H,4-7,10,13-15H2,1-3H3,(H,31,32). The fourth-order valence-electron chi connectivity index (χ4n) is 3.55. The summed E-state index contributed by atoms with van der Waals surface area (Å²) in [5, 5.41) is 12.3. The number of aliphatic carboxylic acids is 1. The maximum Gasteiger partial charge on any atom is 0.319 e. The summed E-state index contributed by atoms with van der Waals surface area (Å²) in [5.74, 6) is -0.872. The lowest BCUT2D eigenvalue weighted by atomic mass is 10.1. The average molecular weight is 500 g/mol. The Hall–Kier alpha value is -2.45. The molecule has 8 heteroatoms. The highest BCUT2D eigenvalue weighted by Gasteiger charge is 2.30. The number of hydrogen-bond acceptors (Lipinski definition) is 6. The summed E-state index contributed by atoms with van der Waals surface area (Å²) in [6.45, 7) is 6.82. The number of carbonyl (C=O) groups excluding carboxylic acids is 1. The predicted molar refractivity (Wildman–Crippen MR) is 140 cm³/mol. The summed E-state index contributed by atoms with van der Waals surface area (Å²) in [7, 11) is 0. The van der Waals surface area contributed by atoms with Crippen LogP contribution in [0.25, 0.3) is 10.9 Å². The maximum atomic E-state index is 13.4. The van der Waals surface area contributed by atoms with Crippen LogP contribution in [-0.4, -0.2) is 49.7 Å². The van der Waals surface area contributed by atoms with Gasteiger partial charge in [-0.3, -0.25) is 14.6 Å². The molecule has 34 heavy (non-hydrogen) atoms. The van der Waals surface area contributed by atoms with Crippen molar-refractivity contribution in [2.45, 2.75) is 68.4 Å². The van der Waals surface area contributed by atoms with Crippen molar-refractivity contribution >= 4 is 45.9 Å². The van der Waals surface area contributed by atoms with Crippen molar-refractivity contribution in [3.63, 3.8) is 0 Å². The number of unbranched alkanes of at least 4 members (excludes halogenated alkanes) is 4. The highest BCUT2D eigenvalue weighted by molar-refractivity contribution is 8.03. The Morgan fingerprint density at radius 3 is 2.65 bits per heavy atom. The Morgan fingerprint density at radius 1 is 1.12 bits per heavy atom. The molecule has 0 unspecified atom stereocenters. The Kier molecular flexibility index (Phi) is 9.47. The van der Waals surface area contributed by atoms with Gasteiger partial charge in [0.2, 0.25) is 0 Å². The predicted octanol–water partition coefficient (Wildman–Crippen LogP) is 6.30. The number of amides is 1. The van der Waals surface area contributed by atoms with Crippen molar-refractivity contribution in [2.24, 2.45) is 0 Å². The van der Waals surface area contributed by atoms with E-state index in [1.165, 1.54) is 42.4 Å². The monoisotopic (exact) mass is 499 g/mol. The number of nitrogens with zero attached hydrogens (tertiary/aromatic N) is 3. The minimum Gasteiger partial charge on any atom is -0.480 e. The van der Waals surface area contributed by atoms with Crippen LogP contribution in [-0.2, 0) is 11.2 Å². The second kappa shape index (κ2) is 12.3. The molecule has 0 aliphatic rings. The van der Waals surface area contributed by atoms with Gasteiger partial charge in [-0.25, -0.2) is 4.98 Å². The highest BCUT2D eigenvalue weighted by atomic mass is 32.2. The molecule has 0 aliphatic carbocycles. The lowest BCUT2D eigenvalue weighted by Crippen LogP contribution is -2.34. The van der Waals surface area contributed by atoms with Crippen LogP contribution in [0.15, 0.2) is 46.2 Å². The first-order valence-electron chi connectivity index (χ1n) is 11.8. The van der Waals surface area contributed by atoms with Gasteiger partial charge in [0.05, 0.1) is 16.8 Å². The number of rotatable bonds is 13. The third-order valence-corrected chi connectivity index (χ3v) is 7.85. The van der Waals surface area contributed by atoms with Crippen molar-refractivity contribution in [1.82, 2.24) is 14.9 Å². The zero-order valence-corrected chi connectivity index (χ0v) is 21.8. The first-order chi connectivity index (χ1) is 16.3. The number of carboxylic acid groups (broad SMARTS) is 1. The van der Waals surface area contributed by atoms with E-state index in [0.29, 0.717) is 25.1 Å². The summed E-state index contributed by atoms with van der Waals surface area (Å²) in [6.07, 6.45) is 7.96. The molecule has 0 atom stereocenters. The molecule has 6 nitrogen and oxygen atoms in total. The van der Waals surface area contributed by atoms with Crippen molar-refractivity contribution < 1.29 is 14.7 Å². The molecule has 0 bridgehead atoms. The summed E-state index contributed by atoms with van der Waals surface area (Å²) in [6, 6.07) is 9.73. The molecule has 3 rings (SSSR count). The minimum absolute atomic E-state index is 0.00872. The van der Waals surface area contributed by atoms with Gasteiger partial charge in [0, 0.05) is 36.5 Å². The van der Waals surface area contributed by atoms with Crippen LogP contribution in [0.1, 0.15) is 68.9 Å². The lowest BCUT2D eigenvalue weighted by Gasteiger charge is -2.22. The SMILES string of the molecule is CCCCCCCN(CCc1csc(SC(C)(C)C(=O)O)n1)C(=O)c1cnc2ccccc2c1. The van der Waals surface area contributed by atoms with Gasteiger partial charge in [-0.05, 0) is 32.4 Å². The summed E-state index contributed by atoms with van der Waals surface area (Å²) >= 11 is 2.71. The van der Waals surface area contributed by atoms with Crippen LogP contribution in [0.4, 0.5) is 0 Å². The number of fused-ring (bicyclic) bond motifs is 1. The quantitative estimate of drug-likeness (QED) is 0.219. The number of pyridine rings is 1. The summed E-state index contributed by atoms with van der Waals surface area (Å²) < 4.78 is -0.197. The van der Waals surface area contributed by atoms with Crippen molar-refractivity contribution in [1.29, 1.82) is 0 Å². The van der Waals surface area contributed by atoms with Gasteiger partial charge in [0.1, 0.15) is 4.75 Å². The van der Waals surface area contributed by atoms with E-state index < -0.39 is 10.7 Å². The number of carboxylic acids is 1. The molecule has 2 heterocycles. The van der Waals surface area contributed by atoms with Gasteiger partial charge >= 0.3 is 5.97 Å². The van der Waals surface area contributed by atoms with E-state index >= 15 is 0 Å². The number of hydrogen-bond donors (Lipinski definition) is 1. The first kappa shape index (κ1) is 26.2. The molecule has 1 amide bonds. The van der Waals surface area contributed by atoms with Crippen molar-refractivity contribution in [3.05, 3.63) is 53.2 Å². The second-order valence-electron chi connectivity index (χ2n) is 8.90. The van der Waals surface area contributed by atoms with Crippen LogP contribution in [0, 0.1) is 0 Å². The molecule has 182 valence electrons. The number of carbonyl (C=O) groups is 2. The van der Waals surface area contributed by atoms with E-state index in [2.05, 4.69) is 16.9 Å². The number of para-hydroxylation sites is 1. The molecule has 0 fully saturated rings. The molecule has 0 saturated heterocycles. The number of thioether (sulfide) groups is 1. The van der Waals surface area contributed by atoms with Crippen LogP contribution in [0.3, 0.4) is 0 Å². The smallest absolute Gasteiger partial charge is 0.319 e. The fourth-order valence-corrected chi connectivity index (χ4v) is 5.78. The van der Waals surface area contributed by atoms with Gasteiger partial charge in [-0.1, -0.05) is 62.6 Å². The molecule has 2 aromatic heterocycles. The molecular weight excluding hydrogens is 466 g/mol.